The second kappa shape index (κ2) is 4.14. The summed E-state index contributed by atoms with van der Waals surface area (Å²) in [4.78, 5) is 19.8. The standard InChI is InChI=1S/C12H12N4O2/c17-16(18)10-2-1-9-3-6-15(11(9)7-10)8-12-13-4-5-14-12/h1-2,4-5,7H,3,6,8H2,(H,13,14). The number of hydrogen-bond acceptors (Lipinski definition) is 4. The minimum Gasteiger partial charge on any atom is -0.363 e. The van der Waals surface area contributed by atoms with Gasteiger partial charge in [-0.2, -0.15) is 0 Å². The Morgan fingerprint density at radius 3 is 3.11 bits per heavy atom. The topological polar surface area (TPSA) is 75.1 Å². The highest BCUT2D eigenvalue weighted by Crippen LogP contribution is 2.32. The predicted octanol–water partition coefficient (Wildman–Crippen LogP) is 1.88. The highest BCUT2D eigenvalue weighted by molar-refractivity contribution is 5.62. The van der Waals surface area contributed by atoms with Crippen molar-refractivity contribution in [2.24, 2.45) is 0 Å². The molecule has 0 fully saturated rings. The lowest BCUT2D eigenvalue weighted by Crippen LogP contribution is -2.20. The number of imidazole rings is 1. The van der Waals surface area contributed by atoms with Crippen LogP contribution in [0.25, 0.3) is 0 Å². The second-order valence-corrected chi connectivity index (χ2v) is 4.28. The number of fused-ring (bicyclic) bond motifs is 1. The Kier molecular flexibility index (Phi) is 2.47. The van der Waals surface area contributed by atoms with Crippen molar-refractivity contribution in [3.63, 3.8) is 0 Å². The first-order valence-corrected chi connectivity index (χ1v) is 5.74. The number of hydrogen-bond donors (Lipinski definition) is 1. The van der Waals surface area contributed by atoms with E-state index >= 15 is 0 Å². The number of aromatic nitrogens is 2. The molecule has 1 N–H and O–H groups in total. The van der Waals surface area contributed by atoms with Crippen LogP contribution in [0.5, 0.6) is 0 Å². The van der Waals surface area contributed by atoms with Crippen molar-refractivity contribution < 1.29 is 4.92 Å². The number of rotatable bonds is 3. The summed E-state index contributed by atoms with van der Waals surface area (Å²) in [6, 6.07) is 5.05. The van der Waals surface area contributed by atoms with Gasteiger partial charge in [-0.15, -0.1) is 0 Å². The van der Waals surface area contributed by atoms with Gasteiger partial charge in [-0.1, -0.05) is 6.07 Å². The van der Waals surface area contributed by atoms with Crippen molar-refractivity contribution in [1.29, 1.82) is 0 Å². The molecule has 0 saturated carbocycles. The molecule has 2 heterocycles. The minimum atomic E-state index is -0.357. The smallest absolute Gasteiger partial charge is 0.271 e. The largest absolute Gasteiger partial charge is 0.363 e. The average molecular weight is 244 g/mol. The van der Waals surface area contributed by atoms with E-state index in [1.807, 2.05) is 6.07 Å². The number of nitro groups is 1. The Labute approximate surface area is 103 Å². The maximum atomic E-state index is 10.8. The molecular formula is C12H12N4O2. The summed E-state index contributed by atoms with van der Waals surface area (Å²) in [5.41, 5.74) is 2.24. The van der Waals surface area contributed by atoms with E-state index in [4.69, 9.17) is 0 Å². The van der Waals surface area contributed by atoms with E-state index in [-0.39, 0.29) is 10.6 Å². The molecule has 6 nitrogen and oxygen atoms in total. The van der Waals surface area contributed by atoms with Crippen LogP contribution in [0, 0.1) is 10.1 Å². The summed E-state index contributed by atoms with van der Waals surface area (Å²) < 4.78 is 0. The SMILES string of the molecule is O=[N+]([O-])c1ccc2c(c1)N(Cc1ncc[nH]1)CC2. The van der Waals surface area contributed by atoms with Crippen molar-refractivity contribution in [1.82, 2.24) is 9.97 Å². The number of H-pyrrole nitrogens is 1. The van der Waals surface area contributed by atoms with E-state index in [0.717, 1.165) is 30.0 Å². The van der Waals surface area contributed by atoms with Crippen LogP contribution >= 0.6 is 0 Å². The summed E-state index contributed by atoms with van der Waals surface area (Å²) in [6.45, 7) is 1.53. The molecule has 1 aliphatic heterocycles. The van der Waals surface area contributed by atoms with E-state index < -0.39 is 0 Å². The van der Waals surface area contributed by atoms with Gasteiger partial charge < -0.3 is 9.88 Å². The quantitative estimate of drug-likeness (QED) is 0.660. The van der Waals surface area contributed by atoms with Crippen LogP contribution < -0.4 is 4.90 Å². The Hall–Kier alpha value is -2.37. The number of aromatic amines is 1. The molecule has 0 unspecified atom stereocenters. The third kappa shape index (κ3) is 1.81. The van der Waals surface area contributed by atoms with E-state index in [0.29, 0.717) is 6.54 Å². The molecule has 18 heavy (non-hydrogen) atoms. The van der Waals surface area contributed by atoms with Crippen LogP contribution in [-0.2, 0) is 13.0 Å². The van der Waals surface area contributed by atoms with E-state index in [2.05, 4.69) is 14.9 Å². The van der Waals surface area contributed by atoms with Gasteiger partial charge in [0, 0.05) is 36.8 Å². The van der Waals surface area contributed by atoms with E-state index in [9.17, 15) is 10.1 Å². The lowest BCUT2D eigenvalue weighted by atomic mass is 10.1. The lowest BCUT2D eigenvalue weighted by Gasteiger charge is -2.17. The normalized spacial score (nSPS) is 13.7. The zero-order valence-corrected chi connectivity index (χ0v) is 9.67. The number of nitrogens with one attached hydrogen (secondary N) is 1. The monoisotopic (exact) mass is 244 g/mol. The van der Waals surface area contributed by atoms with Gasteiger partial charge in [-0.05, 0) is 12.0 Å². The fourth-order valence-electron chi connectivity index (χ4n) is 2.28. The van der Waals surface area contributed by atoms with Gasteiger partial charge in [-0.3, -0.25) is 10.1 Å². The van der Waals surface area contributed by atoms with Crippen molar-refractivity contribution >= 4 is 11.4 Å². The van der Waals surface area contributed by atoms with Crippen LogP contribution in [0.2, 0.25) is 0 Å². The van der Waals surface area contributed by atoms with Crippen LogP contribution in [0.4, 0.5) is 11.4 Å². The number of non-ortho nitro benzene ring substituents is 1. The number of nitrogens with zero attached hydrogens (tertiary/aromatic N) is 3. The molecule has 0 amide bonds. The number of benzene rings is 1. The molecule has 0 spiro atoms. The van der Waals surface area contributed by atoms with Gasteiger partial charge in [0.2, 0.25) is 0 Å². The third-order valence-corrected chi connectivity index (χ3v) is 3.17. The van der Waals surface area contributed by atoms with E-state index in [1.165, 1.54) is 0 Å². The second-order valence-electron chi connectivity index (χ2n) is 4.28. The van der Waals surface area contributed by atoms with Gasteiger partial charge in [0.1, 0.15) is 5.82 Å². The van der Waals surface area contributed by atoms with Crippen molar-refractivity contribution in [2.45, 2.75) is 13.0 Å². The molecule has 1 aliphatic rings. The first-order valence-electron chi connectivity index (χ1n) is 5.74. The van der Waals surface area contributed by atoms with Gasteiger partial charge in [0.25, 0.3) is 5.69 Å². The van der Waals surface area contributed by atoms with Gasteiger partial charge in [0.15, 0.2) is 0 Å². The molecule has 0 atom stereocenters. The predicted molar refractivity (Wildman–Crippen MR) is 66.4 cm³/mol. The third-order valence-electron chi connectivity index (χ3n) is 3.17. The number of nitro benzene ring substituents is 1. The van der Waals surface area contributed by atoms with Crippen molar-refractivity contribution in [3.05, 3.63) is 52.1 Å². The fourth-order valence-corrected chi connectivity index (χ4v) is 2.28. The maximum Gasteiger partial charge on any atom is 0.271 e. The fraction of sp³-hybridized carbons (Fsp3) is 0.250. The van der Waals surface area contributed by atoms with Crippen LogP contribution in [0.15, 0.2) is 30.6 Å². The zero-order valence-electron chi connectivity index (χ0n) is 9.67. The summed E-state index contributed by atoms with van der Waals surface area (Å²) in [5, 5.41) is 10.8. The highest BCUT2D eigenvalue weighted by Gasteiger charge is 2.22. The van der Waals surface area contributed by atoms with E-state index in [1.54, 1.807) is 24.5 Å². The maximum absolute atomic E-state index is 10.8. The molecule has 0 saturated heterocycles. The van der Waals surface area contributed by atoms with Crippen molar-refractivity contribution in [2.75, 3.05) is 11.4 Å². The van der Waals surface area contributed by atoms with Crippen molar-refractivity contribution in [3.8, 4) is 0 Å². The van der Waals surface area contributed by atoms with Crippen LogP contribution in [0.3, 0.4) is 0 Å². The minimum absolute atomic E-state index is 0.139. The molecule has 92 valence electrons. The molecule has 2 aromatic rings. The van der Waals surface area contributed by atoms with Gasteiger partial charge in [-0.25, -0.2) is 4.98 Å². The van der Waals surface area contributed by atoms with Crippen LogP contribution in [0.1, 0.15) is 11.4 Å². The summed E-state index contributed by atoms with van der Waals surface area (Å²) in [5.74, 6) is 0.870. The Morgan fingerprint density at radius 2 is 2.39 bits per heavy atom. The molecule has 1 aromatic carbocycles. The van der Waals surface area contributed by atoms with Gasteiger partial charge >= 0.3 is 0 Å². The number of anilines is 1. The molecule has 0 aliphatic carbocycles. The summed E-state index contributed by atoms with van der Waals surface area (Å²) in [7, 11) is 0. The van der Waals surface area contributed by atoms with Gasteiger partial charge in [0.05, 0.1) is 11.5 Å². The molecule has 3 rings (SSSR count). The molecule has 0 bridgehead atoms. The Balaban J connectivity index is 1.90. The lowest BCUT2D eigenvalue weighted by molar-refractivity contribution is -0.384. The molecule has 1 aromatic heterocycles. The van der Waals surface area contributed by atoms with Crippen LogP contribution in [-0.4, -0.2) is 21.4 Å². The Bertz CT molecular complexity index is 580. The Morgan fingerprint density at radius 1 is 1.50 bits per heavy atom. The first-order chi connectivity index (χ1) is 8.74. The summed E-state index contributed by atoms with van der Waals surface area (Å²) >= 11 is 0. The molecule has 0 radical (unpaired) electrons. The highest BCUT2D eigenvalue weighted by atomic mass is 16.6. The molecular weight excluding hydrogens is 232 g/mol. The summed E-state index contributed by atoms with van der Waals surface area (Å²) in [6.07, 6.45) is 4.41. The first kappa shape index (κ1) is 10.8. The average Bonchev–Trinajstić information content (AvgIpc) is 2.99. The zero-order chi connectivity index (χ0) is 12.5. The molecule has 6 heteroatoms.